The number of hydrogen-bond donors (Lipinski definition) is 4. The van der Waals surface area contributed by atoms with Gasteiger partial charge in [-0.1, -0.05) is 167 Å². The summed E-state index contributed by atoms with van der Waals surface area (Å²) in [5.74, 6) is -0.806. The average molecular weight is 839 g/mol. The molecule has 0 amide bonds. The smallest absolute Gasteiger partial charge is 0.306 e. The van der Waals surface area contributed by atoms with Crippen molar-refractivity contribution >= 4 is 11.9 Å². The fraction of sp³-hybridized carbons (Fsp3) is 0.878. The van der Waals surface area contributed by atoms with Gasteiger partial charge in [0.05, 0.1) is 13.2 Å². The van der Waals surface area contributed by atoms with Crippen molar-refractivity contribution in [3.63, 3.8) is 0 Å². The van der Waals surface area contributed by atoms with E-state index in [1.807, 2.05) is 0 Å². The quantitative estimate of drug-likeness (QED) is 0.0266. The van der Waals surface area contributed by atoms with Crippen LogP contribution in [0.25, 0.3) is 0 Å². The topological polar surface area (TPSA) is 152 Å². The SMILES string of the molecule is CCCCCC/C=C/CCCCCCCCCCCC(=O)OC[C@@H](CO[C@H]1O[C@@H](CO)[C@@H](O)C(O)C1O)OC(=O)CCCCCCCCC/C=C/CCCCCCCC. The Morgan fingerprint density at radius 3 is 1.34 bits per heavy atom. The molecular weight excluding hydrogens is 749 g/mol. The van der Waals surface area contributed by atoms with Crippen LogP contribution in [0, 0.1) is 0 Å². The van der Waals surface area contributed by atoms with Gasteiger partial charge in [-0.15, -0.1) is 0 Å². The lowest BCUT2D eigenvalue weighted by Gasteiger charge is -2.39. The molecule has 0 bridgehead atoms. The minimum absolute atomic E-state index is 0.217. The number of aliphatic hydroxyl groups is 4. The first kappa shape index (κ1) is 55.2. The lowest BCUT2D eigenvalue weighted by Crippen LogP contribution is -2.59. The molecule has 1 aliphatic rings. The van der Waals surface area contributed by atoms with Gasteiger partial charge in [-0.05, 0) is 64.2 Å². The number of carbonyl (C=O) groups excluding carboxylic acids is 2. The van der Waals surface area contributed by atoms with Gasteiger partial charge in [-0.2, -0.15) is 0 Å². The molecule has 59 heavy (non-hydrogen) atoms. The minimum atomic E-state index is -1.59. The second-order valence-electron chi connectivity index (χ2n) is 16.9. The van der Waals surface area contributed by atoms with E-state index in [0.29, 0.717) is 6.42 Å². The summed E-state index contributed by atoms with van der Waals surface area (Å²) in [5.41, 5.74) is 0. The van der Waals surface area contributed by atoms with Gasteiger partial charge in [0.15, 0.2) is 12.4 Å². The molecule has 1 fully saturated rings. The van der Waals surface area contributed by atoms with E-state index in [2.05, 4.69) is 38.2 Å². The van der Waals surface area contributed by atoms with Gasteiger partial charge in [-0.25, -0.2) is 0 Å². The predicted octanol–water partition coefficient (Wildman–Crippen LogP) is 10.9. The summed E-state index contributed by atoms with van der Waals surface area (Å²) >= 11 is 0. The molecule has 1 saturated heterocycles. The second kappa shape index (κ2) is 40.3. The molecule has 2 unspecified atom stereocenters. The number of unbranched alkanes of at least 4 members (excludes halogenated alkanes) is 26. The highest BCUT2D eigenvalue weighted by molar-refractivity contribution is 5.70. The molecule has 346 valence electrons. The van der Waals surface area contributed by atoms with Gasteiger partial charge >= 0.3 is 11.9 Å². The second-order valence-corrected chi connectivity index (χ2v) is 16.9. The molecule has 0 aliphatic carbocycles. The van der Waals surface area contributed by atoms with Crippen LogP contribution >= 0.6 is 0 Å². The lowest BCUT2D eigenvalue weighted by atomic mass is 9.99. The fourth-order valence-corrected chi connectivity index (χ4v) is 7.41. The van der Waals surface area contributed by atoms with Crippen molar-refractivity contribution in [3.8, 4) is 0 Å². The van der Waals surface area contributed by atoms with Crippen molar-refractivity contribution in [2.45, 2.75) is 256 Å². The summed E-state index contributed by atoms with van der Waals surface area (Å²) in [5, 5.41) is 40.1. The molecule has 1 rings (SSSR count). The standard InChI is InChI=1S/C49H90O10/c1-3-5-7-9-11-13-15-17-19-21-23-25-27-29-31-33-35-37-44(51)56-40-42(41-57-49-48(55)47(54)46(53)43(39-50)59-49)58-45(52)38-36-34-32-30-28-26-24-22-20-18-16-14-12-10-8-6-4-2/h13,15,18,20,42-43,46-50,53-55H,3-12,14,16-17,19,21-41H2,1-2H3/b15-13+,20-18+/t42-,43-,46+,47?,48?,49-/m0/s1. The van der Waals surface area contributed by atoms with Crippen molar-refractivity contribution in [1.29, 1.82) is 0 Å². The minimum Gasteiger partial charge on any atom is -0.462 e. The molecule has 0 aromatic rings. The zero-order valence-corrected chi connectivity index (χ0v) is 37.8. The summed E-state index contributed by atoms with van der Waals surface area (Å²) in [6, 6.07) is 0. The summed E-state index contributed by atoms with van der Waals surface area (Å²) in [7, 11) is 0. The van der Waals surface area contributed by atoms with Gasteiger partial charge < -0.3 is 39.4 Å². The third kappa shape index (κ3) is 31.7. The summed E-state index contributed by atoms with van der Waals surface area (Å²) in [6.45, 7) is 3.42. The third-order valence-electron chi connectivity index (χ3n) is 11.3. The van der Waals surface area contributed by atoms with Gasteiger partial charge in [0.2, 0.25) is 0 Å². The first-order chi connectivity index (χ1) is 28.8. The largest absolute Gasteiger partial charge is 0.462 e. The van der Waals surface area contributed by atoms with Crippen LogP contribution in [0.2, 0.25) is 0 Å². The Morgan fingerprint density at radius 1 is 0.508 bits per heavy atom. The van der Waals surface area contributed by atoms with E-state index in [9.17, 15) is 30.0 Å². The number of carbonyl (C=O) groups is 2. The number of ether oxygens (including phenoxy) is 4. The fourth-order valence-electron chi connectivity index (χ4n) is 7.41. The molecule has 10 nitrogen and oxygen atoms in total. The van der Waals surface area contributed by atoms with Crippen LogP contribution in [-0.4, -0.2) is 89.0 Å². The number of aliphatic hydroxyl groups excluding tert-OH is 4. The molecular formula is C49H90O10. The van der Waals surface area contributed by atoms with Crippen molar-refractivity contribution in [2.75, 3.05) is 19.8 Å². The highest BCUT2D eigenvalue weighted by Gasteiger charge is 2.44. The number of allylic oxidation sites excluding steroid dienone is 4. The zero-order chi connectivity index (χ0) is 43.0. The Morgan fingerprint density at radius 2 is 0.898 bits per heavy atom. The summed E-state index contributed by atoms with van der Waals surface area (Å²) < 4.78 is 22.2. The van der Waals surface area contributed by atoms with E-state index in [0.717, 1.165) is 51.4 Å². The maximum atomic E-state index is 12.8. The van der Waals surface area contributed by atoms with E-state index >= 15 is 0 Å². The Balaban J connectivity index is 2.29. The van der Waals surface area contributed by atoms with Gasteiger partial charge in [0.25, 0.3) is 0 Å². The molecule has 10 heteroatoms. The molecule has 0 radical (unpaired) electrons. The Labute approximate surface area is 360 Å². The molecule has 0 saturated carbocycles. The molecule has 0 aromatic heterocycles. The molecule has 1 heterocycles. The maximum absolute atomic E-state index is 12.8. The monoisotopic (exact) mass is 839 g/mol. The van der Waals surface area contributed by atoms with Gasteiger partial charge in [-0.3, -0.25) is 9.59 Å². The Bertz CT molecular complexity index is 1020. The van der Waals surface area contributed by atoms with Crippen LogP contribution < -0.4 is 0 Å². The predicted molar refractivity (Wildman–Crippen MR) is 238 cm³/mol. The van der Waals surface area contributed by atoms with E-state index < -0.39 is 49.4 Å². The third-order valence-corrected chi connectivity index (χ3v) is 11.3. The summed E-state index contributed by atoms with van der Waals surface area (Å²) in [4.78, 5) is 25.4. The first-order valence-corrected chi connectivity index (χ1v) is 24.4. The zero-order valence-electron chi connectivity index (χ0n) is 37.8. The van der Waals surface area contributed by atoms with Crippen LogP contribution in [0.15, 0.2) is 24.3 Å². The highest BCUT2D eigenvalue weighted by Crippen LogP contribution is 2.23. The van der Waals surface area contributed by atoms with E-state index in [-0.39, 0.29) is 32.0 Å². The Kier molecular flexibility index (Phi) is 37.7. The van der Waals surface area contributed by atoms with E-state index in [1.54, 1.807) is 0 Å². The van der Waals surface area contributed by atoms with E-state index in [1.165, 1.54) is 135 Å². The van der Waals surface area contributed by atoms with Crippen molar-refractivity contribution < 1.29 is 49.0 Å². The van der Waals surface area contributed by atoms with Crippen LogP contribution in [0.4, 0.5) is 0 Å². The lowest BCUT2D eigenvalue weighted by molar-refractivity contribution is -0.305. The van der Waals surface area contributed by atoms with Crippen molar-refractivity contribution in [2.24, 2.45) is 0 Å². The number of esters is 2. The molecule has 0 spiro atoms. The van der Waals surface area contributed by atoms with Crippen molar-refractivity contribution in [3.05, 3.63) is 24.3 Å². The van der Waals surface area contributed by atoms with Gasteiger partial charge in [0.1, 0.15) is 31.0 Å². The Hall–Kier alpha value is -1.82. The highest BCUT2D eigenvalue weighted by atomic mass is 16.7. The number of rotatable bonds is 41. The van der Waals surface area contributed by atoms with Gasteiger partial charge in [0, 0.05) is 12.8 Å². The molecule has 1 aliphatic heterocycles. The van der Waals surface area contributed by atoms with Crippen molar-refractivity contribution in [1.82, 2.24) is 0 Å². The summed E-state index contributed by atoms with van der Waals surface area (Å²) in [6.07, 6.45) is 37.5. The maximum Gasteiger partial charge on any atom is 0.306 e. The van der Waals surface area contributed by atoms with Crippen LogP contribution in [0.1, 0.15) is 219 Å². The average Bonchev–Trinajstić information content (AvgIpc) is 3.23. The number of hydrogen-bond acceptors (Lipinski definition) is 10. The first-order valence-electron chi connectivity index (χ1n) is 24.4. The van der Waals surface area contributed by atoms with E-state index in [4.69, 9.17) is 18.9 Å². The molecule has 0 aromatic carbocycles. The van der Waals surface area contributed by atoms with Crippen LogP contribution in [0.3, 0.4) is 0 Å². The normalized spacial score (nSPS) is 20.1. The molecule has 4 N–H and O–H groups in total. The van der Waals surface area contributed by atoms with Crippen LogP contribution in [-0.2, 0) is 28.5 Å². The van der Waals surface area contributed by atoms with Crippen LogP contribution in [0.5, 0.6) is 0 Å². The molecule has 6 atom stereocenters.